The zero-order valence-electron chi connectivity index (χ0n) is 22.9. The van der Waals surface area contributed by atoms with E-state index in [1.165, 1.54) is 77.0 Å². The molecule has 0 saturated heterocycles. The zero-order valence-corrected chi connectivity index (χ0v) is 22.9. The maximum Gasteiger partial charge on any atom is 0.222 e. The molecule has 35 heavy (non-hydrogen) atoms. The molecular formula is C30H57NO4. The van der Waals surface area contributed by atoms with E-state index in [0.717, 1.165) is 32.1 Å². The Morgan fingerprint density at radius 1 is 0.714 bits per heavy atom. The highest BCUT2D eigenvalue weighted by atomic mass is 16.3. The topological polar surface area (TPSA) is 89.8 Å². The van der Waals surface area contributed by atoms with Gasteiger partial charge in [0.05, 0.1) is 31.3 Å². The molecule has 0 bridgehead atoms. The van der Waals surface area contributed by atoms with Crippen molar-refractivity contribution in [2.24, 2.45) is 0 Å². The van der Waals surface area contributed by atoms with Crippen molar-refractivity contribution in [3.63, 3.8) is 0 Å². The van der Waals surface area contributed by atoms with E-state index in [4.69, 9.17) is 0 Å². The first-order valence-corrected chi connectivity index (χ1v) is 14.6. The minimum atomic E-state index is -0.928. The maximum atomic E-state index is 12.2. The standard InChI is InChI=1S/C30H57NO4/c1-3-5-7-9-11-13-14-16-17-19-21-23-27(33)25-30(35)31-28(26-32)29(34)24-22-20-18-15-12-10-8-6-4-2/h16-17,22,24,27-29,32-34H,3-15,18-21,23,25-26H2,1-2H3,(H,31,35)/b17-16-,24-22+. The van der Waals surface area contributed by atoms with Gasteiger partial charge in [-0.2, -0.15) is 0 Å². The van der Waals surface area contributed by atoms with E-state index in [1.54, 1.807) is 6.08 Å². The fourth-order valence-electron chi connectivity index (χ4n) is 4.16. The summed E-state index contributed by atoms with van der Waals surface area (Å²) in [5.74, 6) is -0.338. The van der Waals surface area contributed by atoms with E-state index in [0.29, 0.717) is 6.42 Å². The Hall–Kier alpha value is -1.17. The molecule has 3 unspecified atom stereocenters. The second-order valence-electron chi connectivity index (χ2n) is 10.0. The average Bonchev–Trinajstić information content (AvgIpc) is 2.84. The zero-order chi connectivity index (χ0) is 26.0. The second kappa shape index (κ2) is 25.9. The van der Waals surface area contributed by atoms with Crippen LogP contribution in [0.15, 0.2) is 24.3 Å². The lowest BCUT2D eigenvalue weighted by Gasteiger charge is -2.20. The molecular weight excluding hydrogens is 438 g/mol. The molecule has 0 rings (SSSR count). The van der Waals surface area contributed by atoms with Crippen LogP contribution in [0.5, 0.6) is 0 Å². The van der Waals surface area contributed by atoms with Gasteiger partial charge in [0.15, 0.2) is 0 Å². The Balaban J connectivity index is 3.89. The highest BCUT2D eigenvalue weighted by Crippen LogP contribution is 2.11. The summed E-state index contributed by atoms with van der Waals surface area (Å²) >= 11 is 0. The van der Waals surface area contributed by atoms with Crippen LogP contribution in [0.4, 0.5) is 0 Å². The lowest BCUT2D eigenvalue weighted by Crippen LogP contribution is -2.45. The Morgan fingerprint density at radius 2 is 1.20 bits per heavy atom. The minimum Gasteiger partial charge on any atom is -0.394 e. The van der Waals surface area contributed by atoms with Crippen molar-refractivity contribution in [1.82, 2.24) is 5.32 Å². The summed E-state index contributed by atoms with van der Waals surface area (Å²) < 4.78 is 0. The Labute approximate surface area is 216 Å². The SMILES string of the molecule is CCCCCCCC/C=C\CCCC(O)CC(=O)NC(CO)C(O)/C=C/CCCCCCCCC. The van der Waals surface area contributed by atoms with Crippen LogP contribution >= 0.6 is 0 Å². The molecule has 206 valence electrons. The largest absolute Gasteiger partial charge is 0.394 e. The van der Waals surface area contributed by atoms with Crippen molar-refractivity contribution in [2.45, 2.75) is 154 Å². The van der Waals surface area contributed by atoms with Crippen molar-refractivity contribution in [3.05, 3.63) is 24.3 Å². The molecule has 0 aliphatic carbocycles. The van der Waals surface area contributed by atoms with E-state index >= 15 is 0 Å². The predicted molar refractivity (Wildman–Crippen MR) is 148 cm³/mol. The molecule has 5 heteroatoms. The molecule has 5 nitrogen and oxygen atoms in total. The molecule has 0 aliphatic heterocycles. The minimum absolute atomic E-state index is 0.00750. The smallest absolute Gasteiger partial charge is 0.222 e. The number of aliphatic hydroxyl groups is 3. The monoisotopic (exact) mass is 495 g/mol. The van der Waals surface area contributed by atoms with Gasteiger partial charge < -0.3 is 20.6 Å². The highest BCUT2D eigenvalue weighted by molar-refractivity contribution is 5.76. The average molecular weight is 496 g/mol. The van der Waals surface area contributed by atoms with Crippen LogP contribution in [0.1, 0.15) is 136 Å². The molecule has 0 fully saturated rings. The van der Waals surface area contributed by atoms with Gasteiger partial charge in [-0.25, -0.2) is 0 Å². The van der Waals surface area contributed by atoms with E-state index < -0.39 is 18.2 Å². The second-order valence-corrected chi connectivity index (χ2v) is 10.0. The molecule has 0 spiro atoms. The van der Waals surface area contributed by atoms with Crippen LogP contribution in [0, 0.1) is 0 Å². The Morgan fingerprint density at radius 3 is 1.74 bits per heavy atom. The number of nitrogens with one attached hydrogen (secondary N) is 1. The summed E-state index contributed by atoms with van der Waals surface area (Å²) in [7, 11) is 0. The molecule has 1 amide bonds. The Kier molecular flexibility index (Phi) is 25.0. The van der Waals surface area contributed by atoms with E-state index in [9.17, 15) is 20.1 Å². The van der Waals surface area contributed by atoms with Crippen LogP contribution in [-0.2, 0) is 4.79 Å². The molecule has 0 aromatic heterocycles. The third kappa shape index (κ3) is 23.0. The van der Waals surface area contributed by atoms with Crippen molar-refractivity contribution >= 4 is 5.91 Å². The first-order valence-electron chi connectivity index (χ1n) is 14.6. The molecule has 0 aromatic rings. The van der Waals surface area contributed by atoms with Crippen molar-refractivity contribution < 1.29 is 20.1 Å². The number of hydrogen-bond acceptors (Lipinski definition) is 4. The van der Waals surface area contributed by atoms with Gasteiger partial charge in [0.2, 0.25) is 5.91 Å². The van der Waals surface area contributed by atoms with E-state index in [-0.39, 0.29) is 18.9 Å². The van der Waals surface area contributed by atoms with Gasteiger partial charge in [0.25, 0.3) is 0 Å². The predicted octanol–water partition coefficient (Wildman–Crippen LogP) is 6.75. The van der Waals surface area contributed by atoms with Crippen molar-refractivity contribution in [1.29, 1.82) is 0 Å². The van der Waals surface area contributed by atoms with Crippen LogP contribution < -0.4 is 5.32 Å². The number of unbranched alkanes of at least 4 members (excludes halogenated alkanes) is 14. The van der Waals surface area contributed by atoms with Gasteiger partial charge >= 0.3 is 0 Å². The summed E-state index contributed by atoms with van der Waals surface area (Å²) in [5, 5.41) is 32.6. The van der Waals surface area contributed by atoms with E-state index in [1.807, 2.05) is 6.08 Å². The first-order chi connectivity index (χ1) is 17.0. The number of aliphatic hydroxyl groups excluding tert-OH is 3. The van der Waals surface area contributed by atoms with Crippen molar-refractivity contribution in [2.75, 3.05) is 6.61 Å². The molecule has 0 aromatic carbocycles. The van der Waals surface area contributed by atoms with Gasteiger partial charge in [-0.1, -0.05) is 109 Å². The van der Waals surface area contributed by atoms with Gasteiger partial charge in [-0.05, 0) is 44.9 Å². The quantitative estimate of drug-likeness (QED) is 0.0833. The normalized spacial score (nSPS) is 14.5. The van der Waals surface area contributed by atoms with Crippen LogP contribution in [-0.4, -0.2) is 46.1 Å². The van der Waals surface area contributed by atoms with E-state index in [2.05, 4.69) is 31.3 Å². The first kappa shape index (κ1) is 33.8. The number of allylic oxidation sites excluding steroid dienone is 3. The molecule has 0 radical (unpaired) electrons. The van der Waals surface area contributed by atoms with Crippen LogP contribution in [0.2, 0.25) is 0 Å². The summed E-state index contributed by atoms with van der Waals surface area (Å²) in [6.07, 6.45) is 27.3. The molecule has 0 saturated carbocycles. The number of carbonyl (C=O) groups excluding carboxylic acids is 1. The number of rotatable bonds is 25. The molecule has 0 aliphatic rings. The van der Waals surface area contributed by atoms with Crippen LogP contribution in [0.3, 0.4) is 0 Å². The van der Waals surface area contributed by atoms with Gasteiger partial charge in [-0.3, -0.25) is 4.79 Å². The molecule has 0 heterocycles. The van der Waals surface area contributed by atoms with Gasteiger partial charge in [0, 0.05) is 0 Å². The highest BCUT2D eigenvalue weighted by Gasteiger charge is 2.19. The fourth-order valence-corrected chi connectivity index (χ4v) is 4.16. The summed E-state index contributed by atoms with van der Waals surface area (Å²) in [6.45, 7) is 4.12. The van der Waals surface area contributed by atoms with Crippen LogP contribution in [0.25, 0.3) is 0 Å². The number of carbonyl (C=O) groups is 1. The summed E-state index contributed by atoms with van der Waals surface area (Å²) in [6, 6.07) is -0.745. The van der Waals surface area contributed by atoms with Gasteiger partial charge in [0.1, 0.15) is 0 Å². The summed E-state index contributed by atoms with van der Waals surface area (Å²) in [4.78, 5) is 12.2. The number of amides is 1. The lowest BCUT2D eigenvalue weighted by molar-refractivity contribution is -0.124. The van der Waals surface area contributed by atoms with Crippen molar-refractivity contribution in [3.8, 4) is 0 Å². The lowest BCUT2D eigenvalue weighted by atomic mass is 10.1. The third-order valence-electron chi connectivity index (χ3n) is 6.48. The van der Waals surface area contributed by atoms with Gasteiger partial charge in [-0.15, -0.1) is 0 Å². The molecule has 4 N–H and O–H groups in total. The Bertz CT molecular complexity index is 520. The molecule has 3 atom stereocenters. The maximum absolute atomic E-state index is 12.2. The number of hydrogen-bond donors (Lipinski definition) is 4. The summed E-state index contributed by atoms with van der Waals surface area (Å²) in [5.41, 5.74) is 0. The third-order valence-corrected chi connectivity index (χ3v) is 6.48. The fraction of sp³-hybridized carbons (Fsp3) is 0.833.